The van der Waals surface area contributed by atoms with Gasteiger partial charge in [-0.2, -0.15) is 0 Å². The number of aliphatic hydroxyl groups is 1. The van der Waals surface area contributed by atoms with E-state index in [1.165, 1.54) is 11.8 Å². The van der Waals surface area contributed by atoms with Gasteiger partial charge in [-0.15, -0.1) is 0 Å². The van der Waals surface area contributed by atoms with Gasteiger partial charge < -0.3 is 9.84 Å². The van der Waals surface area contributed by atoms with E-state index < -0.39 is 12.1 Å². The molecule has 1 heterocycles. The molecule has 3 nitrogen and oxygen atoms in total. The van der Waals surface area contributed by atoms with E-state index in [1.54, 1.807) is 0 Å². The number of ether oxygens (including phenoxy) is 1. The number of carbonyl (C=O) groups excluding carboxylic acids is 1. The Kier molecular flexibility index (Phi) is 4.49. The average molecular weight is 312 g/mol. The highest BCUT2D eigenvalue weighted by molar-refractivity contribution is 8.04. The maximum absolute atomic E-state index is 11.9. The fourth-order valence-corrected chi connectivity index (χ4v) is 3.22. The molecule has 3 rings (SSSR count). The summed E-state index contributed by atoms with van der Waals surface area (Å²) in [5, 5.41) is 10.3. The van der Waals surface area contributed by atoms with E-state index in [2.05, 4.69) is 0 Å². The number of aliphatic hydroxyl groups excluding tert-OH is 1. The van der Waals surface area contributed by atoms with Crippen molar-refractivity contribution in [3.05, 3.63) is 76.9 Å². The van der Waals surface area contributed by atoms with E-state index in [1.807, 2.05) is 60.7 Å². The first kappa shape index (κ1) is 14.7. The normalized spacial score (nSPS) is 17.6. The molecule has 2 aromatic rings. The number of cyclic esters (lactones) is 1. The van der Waals surface area contributed by atoms with Gasteiger partial charge in [0.05, 0.1) is 0 Å². The van der Waals surface area contributed by atoms with Crippen LogP contribution in [0.15, 0.2) is 76.2 Å². The summed E-state index contributed by atoms with van der Waals surface area (Å²) < 4.78 is 5.30. The van der Waals surface area contributed by atoms with E-state index in [9.17, 15) is 9.90 Å². The van der Waals surface area contributed by atoms with Gasteiger partial charge in [0, 0.05) is 4.90 Å². The topological polar surface area (TPSA) is 46.5 Å². The molecule has 112 valence electrons. The second kappa shape index (κ2) is 6.71. The summed E-state index contributed by atoms with van der Waals surface area (Å²) in [6.07, 6.45) is 0.797. The summed E-state index contributed by atoms with van der Waals surface area (Å²) in [5.41, 5.74) is 1.16. The zero-order chi connectivity index (χ0) is 15.4. The summed E-state index contributed by atoms with van der Waals surface area (Å²) in [6, 6.07) is 19.5. The molecule has 1 aliphatic rings. The summed E-state index contributed by atoms with van der Waals surface area (Å²) >= 11 is 1.25. The van der Waals surface area contributed by atoms with Crippen LogP contribution in [0.3, 0.4) is 0 Å². The van der Waals surface area contributed by atoms with Gasteiger partial charge >= 0.3 is 5.97 Å². The summed E-state index contributed by atoms with van der Waals surface area (Å²) in [7, 11) is 0. The fourth-order valence-electron chi connectivity index (χ4n) is 2.33. The smallest absolute Gasteiger partial charge is 0.349 e. The van der Waals surface area contributed by atoms with E-state index >= 15 is 0 Å². The zero-order valence-corrected chi connectivity index (χ0v) is 12.8. The van der Waals surface area contributed by atoms with Crippen LogP contribution in [0.1, 0.15) is 12.0 Å². The predicted octanol–water partition coefficient (Wildman–Crippen LogP) is 4.11. The van der Waals surface area contributed by atoms with Crippen molar-refractivity contribution in [3.63, 3.8) is 0 Å². The Hall–Kier alpha value is -2.20. The maximum Gasteiger partial charge on any atom is 0.349 e. The minimum Gasteiger partial charge on any atom is -0.507 e. The first-order chi connectivity index (χ1) is 10.7. The first-order valence-electron chi connectivity index (χ1n) is 7.15. The molecule has 1 aliphatic heterocycles. The third-order valence-corrected chi connectivity index (χ3v) is 4.56. The predicted molar refractivity (Wildman–Crippen MR) is 86.6 cm³/mol. The molecule has 0 aromatic heterocycles. The minimum absolute atomic E-state index is 0.0507. The van der Waals surface area contributed by atoms with Gasteiger partial charge in [0.25, 0.3) is 0 Å². The number of rotatable bonds is 5. The lowest BCUT2D eigenvalue weighted by atomic mass is 10.1. The molecular formula is C18H16O3S. The molecule has 22 heavy (non-hydrogen) atoms. The monoisotopic (exact) mass is 312 g/mol. The molecule has 2 aromatic carbocycles. The van der Waals surface area contributed by atoms with Gasteiger partial charge in [-0.1, -0.05) is 60.3 Å². The Bertz CT molecular complexity index is 680. The molecule has 0 spiro atoms. The van der Waals surface area contributed by atoms with Crippen LogP contribution in [0, 0.1) is 0 Å². The SMILES string of the molecule is O=C1OC(CCc2ccccc2)C(O)=C1Sc1ccccc1. The van der Waals surface area contributed by atoms with Crippen molar-refractivity contribution < 1.29 is 14.6 Å². The molecule has 0 fully saturated rings. The Balaban J connectivity index is 1.68. The summed E-state index contributed by atoms with van der Waals surface area (Å²) in [4.78, 5) is 13.2. The van der Waals surface area contributed by atoms with Crippen LogP contribution in [0.4, 0.5) is 0 Å². The quantitative estimate of drug-likeness (QED) is 0.844. The van der Waals surface area contributed by atoms with Crippen molar-refractivity contribution >= 4 is 17.7 Å². The highest BCUT2D eigenvalue weighted by Crippen LogP contribution is 2.36. The van der Waals surface area contributed by atoms with Gasteiger partial charge in [0.15, 0.2) is 11.9 Å². The number of aryl methyl sites for hydroxylation is 1. The van der Waals surface area contributed by atoms with Crippen molar-refractivity contribution in [2.75, 3.05) is 0 Å². The van der Waals surface area contributed by atoms with Crippen molar-refractivity contribution in [1.29, 1.82) is 0 Å². The Morgan fingerprint density at radius 3 is 2.32 bits per heavy atom. The third kappa shape index (κ3) is 3.34. The van der Waals surface area contributed by atoms with Crippen LogP contribution < -0.4 is 0 Å². The number of esters is 1. The largest absolute Gasteiger partial charge is 0.507 e. The molecular weight excluding hydrogens is 296 g/mol. The van der Waals surface area contributed by atoms with E-state index in [4.69, 9.17) is 4.74 Å². The van der Waals surface area contributed by atoms with Gasteiger partial charge in [0.2, 0.25) is 0 Å². The van der Waals surface area contributed by atoms with Crippen LogP contribution in [-0.2, 0) is 16.0 Å². The molecule has 0 radical (unpaired) electrons. The van der Waals surface area contributed by atoms with Gasteiger partial charge in [-0.25, -0.2) is 4.79 Å². The van der Waals surface area contributed by atoms with Crippen LogP contribution >= 0.6 is 11.8 Å². The van der Waals surface area contributed by atoms with E-state index in [0.29, 0.717) is 11.3 Å². The second-order valence-electron chi connectivity index (χ2n) is 5.05. The van der Waals surface area contributed by atoms with Crippen LogP contribution in [-0.4, -0.2) is 17.2 Å². The Morgan fingerprint density at radius 1 is 1.00 bits per heavy atom. The van der Waals surface area contributed by atoms with Gasteiger partial charge in [0.1, 0.15) is 4.91 Å². The van der Waals surface area contributed by atoms with Crippen molar-refractivity contribution in [3.8, 4) is 0 Å². The Labute approximate surface area is 133 Å². The maximum atomic E-state index is 11.9. The lowest BCUT2D eigenvalue weighted by Crippen LogP contribution is -2.12. The second-order valence-corrected chi connectivity index (χ2v) is 6.13. The standard InChI is InChI=1S/C18H16O3S/c19-16-15(12-11-13-7-3-1-4-8-13)21-18(20)17(16)22-14-9-5-2-6-10-14/h1-10,15,19H,11-12H2. The lowest BCUT2D eigenvalue weighted by molar-refractivity contribution is -0.139. The summed E-state index contributed by atoms with van der Waals surface area (Å²) in [5.74, 6) is -0.390. The number of carbonyl (C=O) groups is 1. The molecule has 0 saturated carbocycles. The van der Waals surface area contributed by atoms with E-state index in [-0.39, 0.29) is 5.76 Å². The van der Waals surface area contributed by atoms with Crippen LogP contribution in [0.25, 0.3) is 0 Å². The number of thioether (sulfide) groups is 1. The molecule has 0 bridgehead atoms. The van der Waals surface area contributed by atoms with Crippen molar-refractivity contribution in [2.45, 2.75) is 23.8 Å². The molecule has 4 heteroatoms. The van der Waals surface area contributed by atoms with Crippen molar-refractivity contribution in [1.82, 2.24) is 0 Å². The third-order valence-electron chi connectivity index (χ3n) is 3.47. The van der Waals surface area contributed by atoms with Gasteiger partial charge in [-0.3, -0.25) is 0 Å². The Morgan fingerprint density at radius 2 is 1.64 bits per heavy atom. The fraction of sp³-hybridized carbons (Fsp3) is 0.167. The number of benzene rings is 2. The van der Waals surface area contributed by atoms with E-state index in [0.717, 1.165) is 16.9 Å². The molecule has 0 aliphatic carbocycles. The summed E-state index contributed by atoms with van der Waals surface area (Å²) in [6.45, 7) is 0. The first-order valence-corrected chi connectivity index (χ1v) is 7.96. The molecule has 1 atom stereocenters. The highest BCUT2D eigenvalue weighted by Gasteiger charge is 2.34. The average Bonchev–Trinajstić information content (AvgIpc) is 2.82. The molecule has 1 unspecified atom stereocenters. The zero-order valence-electron chi connectivity index (χ0n) is 11.9. The minimum atomic E-state index is -0.543. The molecule has 0 saturated heterocycles. The number of hydrogen-bond donors (Lipinski definition) is 1. The highest BCUT2D eigenvalue weighted by atomic mass is 32.2. The van der Waals surface area contributed by atoms with Crippen molar-refractivity contribution in [2.24, 2.45) is 0 Å². The number of hydrogen-bond acceptors (Lipinski definition) is 4. The van der Waals surface area contributed by atoms with Crippen LogP contribution in [0.5, 0.6) is 0 Å². The van der Waals surface area contributed by atoms with Gasteiger partial charge in [-0.05, 0) is 30.5 Å². The molecule has 1 N–H and O–H groups in total. The van der Waals surface area contributed by atoms with Crippen LogP contribution in [0.2, 0.25) is 0 Å². The lowest BCUT2D eigenvalue weighted by Gasteiger charge is -2.09. The molecule has 0 amide bonds.